The van der Waals surface area contributed by atoms with E-state index in [9.17, 15) is 4.79 Å². The summed E-state index contributed by atoms with van der Waals surface area (Å²) in [5.74, 6) is 1.79. The number of fused-ring (bicyclic) bond motifs is 1. The molecule has 27 heavy (non-hydrogen) atoms. The second kappa shape index (κ2) is 8.49. The molecule has 3 N–H and O–H groups in total. The van der Waals surface area contributed by atoms with Gasteiger partial charge in [0, 0.05) is 11.5 Å². The van der Waals surface area contributed by atoms with E-state index in [4.69, 9.17) is 0 Å². The monoisotopic (exact) mass is 364 g/mol. The van der Waals surface area contributed by atoms with Gasteiger partial charge >= 0.3 is 0 Å². The van der Waals surface area contributed by atoms with Crippen molar-refractivity contribution in [2.24, 2.45) is 5.92 Å². The Labute approximate surface area is 161 Å². The van der Waals surface area contributed by atoms with Gasteiger partial charge in [0.05, 0.1) is 10.9 Å². The van der Waals surface area contributed by atoms with Crippen molar-refractivity contribution in [1.82, 2.24) is 9.97 Å². The molecule has 0 fully saturated rings. The summed E-state index contributed by atoms with van der Waals surface area (Å²) < 4.78 is 0. The van der Waals surface area contributed by atoms with E-state index >= 15 is 0 Å². The molecule has 2 atom stereocenters. The number of nitrogens with two attached hydrogens (primary N) is 1. The maximum Gasteiger partial charge on any atom is 0.258 e. The highest BCUT2D eigenvalue weighted by Crippen LogP contribution is 2.23. The molecule has 0 unspecified atom stereocenters. The highest BCUT2D eigenvalue weighted by Gasteiger charge is 2.20. The molecular weight excluding hydrogens is 334 g/mol. The Kier molecular flexibility index (Phi) is 6.07. The third-order valence-corrected chi connectivity index (χ3v) is 5.45. The van der Waals surface area contributed by atoms with Crippen LogP contribution in [0.25, 0.3) is 10.9 Å². The van der Waals surface area contributed by atoms with Crippen LogP contribution in [-0.2, 0) is 6.54 Å². The number of hydrogen-bond donors (Lipinski definition) is 2. The predicted octanol–water partition coefficient (Wildman–Crippen LogP) is 3.90. The van der Waals surface area contributed by atoms with E-state index in [-0.39, 0.29) is 5.56 Å². The zero-order chi connectivity index (χ0) is 19.4. The van der Waals surface area contributed by atoms with Gasteiger partial charge in [-0.2, -0.15) is 0 Å². The second-order valence-corrected chi connectivity index (χ2v) is 7.72. The summed E-state index contributed by atoms with van der Waals surface area (Å²) in [6, 6.07) is 16.8. The summed E-state index contributed by atoms with van der Waals surface area (Å²) in [6.07, 6.45) is 1.15. The van der Waals surface area contributed by atoms with Crippen molar-refractivity contribution in [3.8, 4) is 0 Å². The quantitative estimate of drug-likeness (QED) is 0.668. The lowest BCUT2D eigenvalue weighted by molar-refractivity contribution is -0.718. The molecule has 1 aromatic heterocycles. The van der Waals surface area contributed by atoms with Crippen LogP contribution < -0.4 is 10.9 Å². The fraction of sp³-hybridized carbons (Fsp3) is 0.391. The number of benzene rings is 2. The van der Waals surface area contributed by atoms with Crippen LogP contribution in [0.3, 0.4) is 0 Å². The Bertz CT molecular complexity index is 944. The van der Waals surface area contributed by atoms with Gasteiger partial charge in [0.15, 0.2) is 5.82 Å². The molecule has 3 aromatic rings. The second-order valence-electron chi connectivity index (χ2n) is 7.72. The number of aromatic nitrogens is 2. The maximum atomic E-state index is 12.3. The first-order valence-corrected chi connectivity index (χ1v) is 9.90. The first kappa shape index (κ1) is 19.3. The van der Waals surface area contributed by atoms with E-state index in [1.54, 1.807) is 0 Å². The lowest BCUT2D eigenvalue weighted by Crippen LogP contribution is -2.85. The average Bonchev–Trinajstić information content (AvgIpc) is 2.68. The van der Waals surface area contributed by atoms with Gasteiger partial charge in [0.2, 0.25) is 0 Å². The van der Waals surface area contributed by atoms with Crippen LogP contribution in [0.2, 0.25) is 0 Å². The molecule has 142 valence electrons. The number of hydrogen-bond acceptors (Lipinski definition) is 2. The van der Waals surface area contributed by atoms with Crippen LogP contribution >= 0.6 is 0 Å². The zero-order valence-electron chi connectivity index (χ0n) is 16.7. The number of quaternary nitrogens is 1. The third-order valence-electron chi connectivity index (χ3n) is 5.45. The van der Waals surface area contributed by atoms with Gasteiger partial charge < -0.3 is 10.3 Å². The van der Waals surface area contributed by atoms with Crippen LogP contribution in [0.5, 0.6) is 0 Å². The van der Waals surface area contributed by atoms with Crippen LogP contribution in [0, 0.1) is 5.92 Å². The largest absolute Gasteiger partial charge is 0.334 e. The van der Waals surface area contributed by atoms with E-state index in [1.807, 2.05) is 24.3 Å². The molecule has 0 radical (unpaired) electrons. The van der Waals surface area contributed by atoms with Crippen LogP contribution in [-0.4, -0.2) is 9.97 Å². The minimum absolute atomic E-state index is 0.0667. The van der Waals surface area contributed by atoms with Gasteiger partial charge in [-0.15, -0.1) is 0 Å². The first-order valence-electron chi connectivity index (χ1n) is 9.90. The molecule has 4 nitrogen and oxygen atoms in total. The zero-order valence-corrected chi connectivity index (χ0v) is 16.7. The summed E-state index contributed by atoms with van der Waals surface area (Å²) >= 11 is 0. The van der Waals surface area contributed by atoms with Crippen LogP contribution in [0.4, 0.5) is 0 Å². The summed E-state index contributed by atoms with van der Waals surface area (Å²) in [5.41, 5.74) is 3.40. The molecule has 0 saturated heterocycles. The molecule has 0 aliphatic rings. The minimum atomic E-state index is -0.0667. The number of H-pyrrole nitrogens is 1. The molecule has 0 spiro atoms. The number of nitrogens with zero attached hydrogens (tertiary/aromatic N) is 1. The fourth-order valence-electron chi connectivity index (χ4n) is 3.55. The highest BCUT2D eigenvalue weighted by molar-refractivity contribution is 5.77. The van der Waals surface area contributed by atoms with Gasteiger partial charge in [-0.1, -0.05) is 64.1 Å². The van der Waals surface area contributed by atoms with Crippen molar-refractivity contribution in [2.45, 2.75) is 52.6 Å². The normalized spacial score (nSPS) is 13.8. The van der Waals surface area contributed by atoms with Crippen molar-refractivity contribution in [2.75, 3.05) is 0 Å². The molecule has 1 heterocycles. The Morgan fingerprint density at radius 2 is 1.67 bits per heavy atom. The molecule has 0 bridgehead atoms. The average molecular weight is 365 g/mol. The number of rotatable bonds is 7. The summed E-state index contributed by atoms with van der Waals surface area (Å²) in [6.45, 7) is 9.61. The highest BCUT2D eigenvalue weighted by atomic mass is 16.1. The molecule has 2 aromatic carbocycles. The van der Waals surface area contributed by atoms with E-state index in [0.29, 0.717) is 29.8 Å². The molecule has 0 aliphatic carbocycles. The van der Waals surface area contributed by atoms with Crippen molar-refractivity contribution in [1.29, 1.82) is 0 Å². The molecule has 4 heteroatoms. The van der Waals surface area contributed by atoms with Crippen molar-refractivity contribution in [3.05, 3.63) is 75.8 Å². The molecular formula is C23H30N3O+. The lowest BCUT2D eigenvalue weighted by atomic mass is 9.92. The van der Waals surface area contributed by atoms with Crippen molar-refractivity contribution < 1.29 is 5.32 Å². The topological polar surface area (TPSA) is 62.4 Å². The third kappa shape index (κ3) is 4.45. The number of aromatic amines is 1. The number of para-hydroxylation sites is 1. The Morgan fingerprint density at radius 3 is 2.33 bits per heavy atom. The van der Waals surface area contributed by atoms with Crippen molar-refractivity contribution in [3.63, 3.8) is 0 Å². The van der Waals surface area contributed by atoms with E-state index < -0.39 is 0 Å². The Hall–Kier alpha value is -2.46. The molecule has 3 rings (SSSR count). The standard InChI is InChI=1S/C23H29N3O/c1-5-16(4)17-10-12-18(13-11-17)22(15(2)3)24-14-21-25-20-9-7-6-8-19(20)23(27)26-21/h6-13,15-16,22,24H,5,14H2,1-4H3,(H,25,26,27)/p+1/t16-,22-/m1/s1. The van der Waals surface area contributed by atoms with Crippen LogP contribution in [0.15, 0.2) is 53.3 Å². The van der Waals surface area contributed by atoms with Gasteiger partial charge in [-0.25, -0.2) is 4.98 Å². The van der Waals surface area contributed by atoms with E-state index in [0.717, 1.165) is 17.8 Å². The fourth-order valence-corrected chi connectivity index (χ4v) is 3.55. The SMILES string of the molecule is CC[C@@H](C)c1ccc([C@H]([NH2+]Cc2nc3ccccc3c(=O)[nH]2)C(C)C)cc1. The van der Waals surface area contributed by atoms with Gasteiger partial charge in [-0.05, 0) is 30.0 Å². The summed E-state index contributed by atoms with van der Waals surface area (Å²) in [5, 5.41) is 2.91. The van der Waals surface area contributed by atoms with Gasteiger partial charge in [0.25, 0.3) is 5.56 Å². The molecule has 0 aliphatic heterocycles. The predicted molar refractivity (Wildman–Crippen MR) is 111 cm³/mol. The lowest BCUT2D eigenvalue weighted by Gasteiger charge is -2.20. The van der Waals surface area contributed by atoms with Gasteiger partial charge in [-0.3, -0.25) is 4.79 Å². The smallest absolute Gasteiger partial charge is 0.258 e. The summed E-state index contributed by atoms with van der Waals surface area (Å²) in [4.78, 5) is 19.8. The Morgan fingerprint density at radius 1 is 1.00 bits per heavy atom. The Balaban J connectivity index is 1.78. The minimum Gasteiger partial charge on any atom is -0.334 e. The maximum absolute atomic E-state index is 12.3. The van der Waals surface area contributed by atoms with Crippen LogP contribution in [0.1, 0.15) is 63.0 Å². The van der Waals surface area contributed by atoms with Crippen molar-refractivity contribution >= 4 is 10.9 Å². The van der Waals surface area contributed by atoms with E-state index in [2.05, 4.69) is 67.2 Å². The molecule has 0 saturated carbocycles. The molecule has 0 amide bonds. The number of nitrogens with one attached hydrogen (secondary N) is 1. The first-order chi connectivity index (χ1) is 13.0. The van der Waals surface area contributed by atoms with E-state index in [1.165, 1.54) is 11.1 Å². The van der Waals surface area contributed by atoms with Gasteiger partial charge in [0.1, 0.15) is 12.6 Å². The summed E-state index contributed by atoms with van der Waals surface area (Å²) in [7, 11) is 0.